The average molecular weight is 388 g/mol. The molecule has 1 heterocycles. The van der Waals surface area contributed by atoms with Gasteiger partial charge in [-0.25, -0.2) is 9.79 Å². The molecule has 0 unspecified atom stereocenters. The molecule has 0 bridgehead atoms. The number of hydrogen-bond acceptors (Lipinski definition) is 6. The van der Waals surface area contributed by atoms with E-state index in [9.17, 15) is 4.79 Å². The standard InChI is InChI=1S/C20H28N4O4/c1-6-21-20(23-12-15-10-17(13(2)3)24-28-15)22-11-14-7-8-18(26-4)16(9-14)19(25)27-5/h7-10,13H,6,11-12H2,1-5H3,(H2,21,22,23). The van der Waals surface area contributed by atoms with Gasteiger partial charge in [0, 0.05) is 12.6 Å². The van der Waals surface area contributed by atoms with Crippen LogP contribution in [-0.2, 0) is 17.8 Å². The SMILES string of the molecule is CCNC(=NCc1ccc(OC)c(C(=O)OC)c1)NCc1cc(C(C)C)no1. The monoisotopic (exact) mass is 388 g/mol. The van der Waals surface area contributed by atoms with Crippen LogP contribution >= 0.6 is 0 Å². The van der Waals surface area contributed by atoms with Crippen LogP contribution in [-0.4, -0.2) is 37.8 Å². The molecule has 28 heavy (non-hydrogen) atoms. The van der Waals surface area contributed by atoms with Crippen molar-refractivity contribution in [3.63, 3.8) is 0 Å². The van der Waals surface area contributed by atoms with Gasteiger partial charge < -0.3 is 24.6 Å². The fraction of sp³-hybridized carbons (Fsp3) is 0.450. The highest BCUT2D eigenvalue weighted by Gasteiger charge is 2.13. The van der Waals surface area contributed by atoms with Gasteiger partial charge >= 0.3 is 5.97 Å². The predicted octanol–water partition coefficient (Wildman–Crippen LogP) is 2.85. The van der Waals surface area contributed by atoms with Crippen molar-refractivity contribution in [2.24, 2.45) is 4.99 Å². The molecule has 8 nitrogen and oxygen atoms in total. The minimum Gasteiger partial charge on any atom is -0.496 e. The first-order chi connectivity index (χ1) is 13.5. The fourth-order valence-electron chi connectivity index (χ4n) is 2.49. The number of benzene rings is 1. The Kier molecular flexibility index (Phi) is 7.86. The van der Waals surface area contributed by atoms with E-state index in [0.717, 1.165) is 23.6 Å². The normalized spacial score (nSPS) is 11.4. The van der Waals surface area contributed by atoms with Crippen molar-refractivity contribution in [2.75, 3.05) is 20.8 Å². The van der Waals surface area contributed by atoms with E-state index in [1.54, 1.807) is 12.1 Å². The molecule has 0 fully saturated rings. The Morgan fingerprint density at radius 3 is 2.64 bits per heavy atom. The number of ether oxygens (including phenoxy) is 2. The van der Waals surface area contributed by atoms with Gasteiger partial charge in [0.2, 0.25) is 0 Å². The average Bonchev–Trinajstić information content (AvgIpc) is 3.18. The zero-order valence-corrected chi connectivity index (χ0v) is 17.0. The van der Waals surface area contributed by atoms with Gasteiger partial charge in [0.15, 0.2) is 11.7 Å². The van der Waals surface area contributed by atoms with Crippen LogP contribution in [0.15, 0.2) is 33.8 Å². The number of rotatable bonds is 8. The molecule has 8 heteroatoms. The number of nitrogens with zero attached hydrogens (tertiary/aromatic N) is 2. The van der Waals surface area contributed by atoms with Crippen LogP contribution in [0.4, 0.5) is 0 Å². The van der Waals surface area contributed by atoms with E-state index in [1.807, 2.05) is 19.1 Å². The Labute approximate surface area is 165 Å². The molecule has 0 saturated heterocycles. The summed E-state index contributed by atoms with van der Waals surface area (Å²) in [5.41, 5.74) is 2.16. The second-order valence-electron chi connectivity index (χ2n) is 6.45. The van der Waals surface area contributed by atoms with Crippen molar-refractivity contribution in [1.82, 2.24) is 15.8 Å². The third-order valence-corrected chi connectivity index (χ3v) is 4.03. The Balaban J connectivity index is 2.07. The molecule has 2 N–H and O–H groups in total. The molecule has 0 amide bonds. The molecule has 0 spiro atoms. The third kappa shape index (κ3) is 5.73. The van der Waals surface area contributed by atoms with Crippen LogP contribution in [0.5, 0.6) is 5.75 Å². The summed E-state index contributed by atoms with van der Waals surface area (Å²) in [6, 6.07) is 7.26. The molecule has 1 aromatic heterocycles. The summed E-state index contributed by atoms with van der Waals surface area (Å²) in [5.74, 6) is 1.72. The maximum Gasteiger partial charge on any atom is 0.341 e. The zero-order chi connectivity index (χ0) is 20.5. The van der Waals surface area contributed by atoms with E-state index in [-0.39, 0.29) is 0 Å². The minimum atomic E-state index is -0.445. The minimum absolute atomic E-state index is 0.318. The van der Waals surface area contributed by atoms with Crippen LogP contribution in [0.3, 0.4) is 0 Å². The van der Waals surface area contributed by atoms with E-state index in [0.29, 0.717) is 36.3 Å². The lowest BCUT2D eigenvalue weighted by Gasteiger charge is -2.11. The van der Waals surface area contributed by atoms with Gasteiger partial charge in [0.1, 0.15) is 11.3 Å². The Morgan fingerprint density at radius 2 is 2.04 bits per heavy atom. The maximum atomic E-state index is 11.9. The number of esters is 1. The van der Waals surface area contributed by atoms with Gasteiger partial charge in [-0.15, -0.1) is 0 Å². The van der Waals surface area contributed by atoms with Gasteiger partial charge in [-0.3, -0.25) is 0 Å². The van der Waals surface area contributed by atoms with Crippen LogP contribution in [0.2, 0.25) is 0 Å². The second-order valence-corrected chi connectivity index (χ2v) is 6.45. The summed E-state index contributed by atoms with van der Waals surface area (Å²) in [6.45, 7) is 7.70. The van der Waals surface area contributed by atoms with Gasteiger partial charge in [0.05, 0.1) is 33.0 Å². The Hall–Kier alpha value is -3.03. The van der Waals surface area contributed by atoms with Gasteiger partial charge in [0.25, 0.3) is 0 Å². The summed E-state index contributed by atoms with van der Waals surface area (Å²) >= 11 is 0. The van der Waals surface area contributed by atoms with E-state index in [4.69, 9.17) is 14.0 Å². The molecule has 0 saturated carbocycles. The summed E-state index contributed by atoms with van der Waals surface area (Å²) in [4.78, 5) is 16.5. The number of methoxy groups -OCH3 is 2. The van der Waals surface area contributed by atoms with Crippen LogP contribution in [0.1, 0.15) is 54.1 Å². The first-order valence-corrected chi connectivity index (χ1v) is 9.21. The lowest BCUT2D eigenvalue weighted by atomic mass is 10.1. The largest absolute Gasteiger partial charge is 0.496 e. The fourth-order valence-corrected chi connectivity index (χ4v) is 2.49. The summed E-state index contributed by atoms with van der Waals surface area (Å²) in [6.07, 6.45) is 0. The molecule has 2 aromatic rings. The third-order valence-electron chi connectivity index (χ3n) is 4.03. The van der Waals surface area contributed by atoms with Crippen LogP contribution < -0.4 is 15.4 Å². The molecule has 1 aromatic carbocycles. The number of aliphatic imine (C=N–C) groups is 1. The summed E-state index contributed by atoms with van der Waals surface area (Å²) in [5, 5.41) is 10.5. The first-order valence-electron chi connectivity index (χ1n) is 9.21. The molecule has 0 aliphatic heterocycles. The van der Waals surface area contributed by atoms with Gasteiger partial charge in [-0.2, -0.15) is 0 Å². The number of hydrogen-bond donors (Lipinski definition) is 2. The van der Waals surface area contributed by atoms with Crippen molar-refractivity contribution in [2.45, 2.75) is 39.8 Å². The maximum absolute atomic E-state index is 11.9. The molecule has 0 atom stereocenters. The number of carbonyl (C=O) groups excluding carboxylic acids is 1. The highest BCUT2D eigenvalue weighted by Crippen LogP contribution is 2.21. The van der Waals surface area contributed by atoms with E-state index in [1.165, 1.54) is 14.2 Å². The van der Waals surface area contributed by atoms with E-state index < -0.39 is 5.97 Å². The van der Waals surface area contributed by atoms with Crippen molar-refractivity contribution in [3.05, 3.63) is 46.8 Å². The molecule has 152 valence electrons. The predicted molar refractivity (Wildman–Crippen MR) is 107 cm³/mol. The van der Waals surface area contributed by atoms with E-state index in [2.05, 4.69) is 34.6 Å². The summed E-state index contributed by atoms with van der Waals surface area (Å²) < 4.78 is 15.4. The van der Waals surface area contributed by atoms with E-state index >= 15 is 0 Å². The Bertz CT molecular complexity index is 814. The lowest BCUT2D eigenvalue weighted by molar-refractivity contribution is 0.0597. The number of nitrogens with one attached hydrogen (secondary N) is 2. The van der Waals surface area contributed by atoms with Crippen LogP contribution in [0.25, 0.3) is 0 Å². The summed E-state index contributed by atoms with van der Waals surface area (Å²) in [7, 11) is 2.86. The highest BCUT2D eigenvalue weighted by molar-refractivity contribution is 5.92. The van der Waals surface area contributed by atoms with Gasteiger partial charge in [-0.1, -0.05) is 25.1 Å². The van der Waals surface area contributed by atoms with Crippen molar-refractivity contribution in [1.29, 1.82) is 0 Å². The molecule has 0 radical (unpaired) electrons. The molecule has 0 aliphatic carbocycles. The molecule has 0 aliphatic rings. The first kappa shape index (κ1) is 21.3. The number of aromatic nitrogens is 1. The topological polar surface area (TPSA) is 98.0 Å². The van der Waals surface area contributed by atoms with Gasteiger partial charge in [-0.05, 0) is 30.5 Å². The van der Waals surface area contributed by atoms with Crippen molar-refractivity contribution < 1.29 is 18.8 Å². The lowest BCUT2D eigenvalue weighted by Crippen LogP contribution is -2.36. The molecular weight excluding hydrogens is 360 g/mol. The quantitative estimate of drug-likeness (QED) is 0.408. The molecule has 2 rings (SSSR count). The second kappa shape index (κ2) is 10.3. The number of guanidine groups is 1. The van der Waals surface area contributed by atoms with Crippen LogP contribution in [0, 0.1) is 0 Å². The Morgan fingerprint density at radius 1 is 1.25 bits per heavy atom. The zero-order valence-electron chi connectivity index (χ0n) is 17.0. The van der Waals surface area contributed by atoms with Crippen molar-refractivity contribution >= 4 is 11.9 Å². The van der Waals surface area contributed by atoms with Crippen molar-refractivity contribution in [3.8, 4) is 5.75 Å². The smallest absolute Gasteiger partial charge is 0.341 e. The number of carbonyl (C=O) groups is 1. The highest BCUT2D eigenvalue weighted by atomic mass is 16.5. The molecular formula is C20H28N4O4.